The van der Waals surface area contributed by atoms with E-state index in [-0.39, 0.29) is 11.8 Å². The Kier molecular flexibility index (Phi) is 4.18. The average Bonchev–Trinajstić information content (AvgIpc) is 2.41. The largest absolute Gasteiger partial charge is 0.321 e. The molecule has 0 saturated carbocycles. The van der Waals surface area contributed by atoms with Crippen molar-refractivity contribution in [2.75, 3.05) is 5.32 Å². The third-order valence-corrected chi connectivity index (χ3v) is 2.89. The van der Waals surface area contributed by atoms with Crippen LogP contribution >= 0.6 is 23.2 Å². The van der Waals surface area contributed by atoms with Crippen molar-refractivity contribution in [1.82, 2.24) is 4.98 Å². The van der Waals surface area contributed by atoms with Crippen molar-refractivity contribution in [3.8, 4) is 0 Å². The molecule has 1 heterocycles. The topological polar surface area (TPSA) is 42.0 Å². The zero-order valence-electron chi connectivity index (χ0n) is 9.36. The van der Waals surface area contributed by atoms with Gasteiger partial charge in [-0.25, -0.2) is 0 Å². The van der Waals surface area contributed by atoms with Gasteiger partial charge in [-0.1, -0.05) is 17.7 Å². The maximum atomic E-state index is 12.0. The number of carbonyl (C=O) groups excluding carboxylic acids is 1. The third-order valence-electron chi connectivity index (χ3n) is 2.35. The van der Waals surface area contributed by atoms with Crippen LogP contribution in [0.15, 0.2) is 42.6 Å². The minimum atomic E-state index is -0.284. The number of halogens is 2. The van der Waals surface area contributed by atoms with E-state index in [9.17, 15) is 4.79 Å². The molecule has 18 heavy (non-hydrogen) atoms. The summed E-state index contributed by atoms with van der Waals surface area (Å²) in [4.78, 5) is 16.1. The molecule has 3 nitrogen and oxygen atoms in total. The van der Waals surface area contributed by atoms with Crippen molar-refractivity contribution in [3.63, 3.8) is 0 Å². The Bertz CT molecular complexity index is 555. The van der Waals surface area contributed by atoms with Gasteiger partial charge in [-0.2, -0.15) is 0 Å². The summed E-state index contributed by atoms with van der Waals surface area (Å²) in [6.07, 6.45) is 1.56. The highest BCUT2D eigenvalue weighted by Gasteiger charge is 2.11. The van der Waals surface area contributed by atoms with Gasteiger partial charge in [0.2, 0.25) is 0 Å². The van der Waals surface area contributed by atoms with Crippen LogP contribution in [0.1, 0.15) is 16.1 Å². The summed E-state index contributed by atoms with van der Waals surface area (Å²) in [5, 5.41) is 3.36. The number of hydrogen-bond donors (Lipinski definition) is 1. The van der Waals surface area contributed by atoms with Crippen molar-refractivity contribution in [2.45, 2.75) is 5.88 Å². The Morgan fingerprint density at radius 2 is 1.94 bits per heavy atom. The molecule has 0 unspecified atom stereocenters. The van der Waals surface area contributed by atoms with Gasteiger partial charge in [-0.05, 0) is 35.9 Å². The molecule has 1 aromatic heterocycles. The van der Waals surface area contributed by atoms with Gasteiger partial charge in [0.1, 0.15) is 5.69 Å². The standard InChI is InChI=1S/C13H10Cl2N2O/c14-8-9-2-1-7-16-12(9)13(18)17-11-5-3-10(15)4-6-11/h1-7H,8H2,(H,17,18). The number of pyridine rings is 1. The second kappa shape index (κ2) is 5.85. The highest BCUT2D eigenvalue weighted by atomic mass is 35.5. The Balaban J connectivity index is 2.19. The normalized spacial score (nSPS) is 10.1. The van der Waals surface area contributed by atoms with E-state index in [1.807, 2.05) is 0 Å². The Morgan fingerprint density at radius 3 is 2.61 bits per heavy atom. The van der Waals surface area contributed by atoms with E-state index in [2.05, 4.69) is 10.3 Å². The van der Waals surface area contributed by atoms with E-state index in [1.54, 1.807) is 42.6 Å². The predicted octanol–water partition coefficient (Wildman–Crippen LogP) is 3.73. The zero-order chi connectivity index (χ0) is 13.0. The van der Waals surface area contributed by atoms with Gasteiger partial charge >= 0.3 is 0 Å². The fourth-order valence-electron chi connectivity index (χ4n) is 1.47. The molecule has 5 heteroatoms. The summed E-state index contributed by atoms with van der Waals surface area (Å²) in [5.41, 5.74) is 1.70. The molecule has 2 rings (SSSR count). The molecule has 1 aromatic carbocycles. The lowest BCUT2D eigenvalue weighted by atomic mass is 10.2. The summed E-state index contributed by atoms with van der Waals surface area (Å²) in [7, 11) is 0. The van der Waals surface area contributed by atoms with Crippen molar-refractivity contribution >= 4 is 34.8 Å². The molecule has 0 fully saturated rings. The number of anilines is 1. The van der Waals surface area contributed by atoms with Crippen molar-refractivity contribution in [1.29, 1.82) is 0 Å². The van der Waals surface area contributed by atoms with Crippen molar-refractivity contribution in [3.05, 3.63) is 58.9 Å². The molecular formula is C13H10Cl2N2O. The summed E-state index contributed by atoms with van der Waals surface area (Å²) >= 11 is 11.5. The number of amides is 1. The molecule has 0 saturated heterocycles. The van der Waals surface area contributed by atoms with Gasteiger partial charge in [0.25, 0.3) is 5.91 Å². The number of carbonyl (C=O) groups is 1. The number of nitrogens with zero attached hydrogens (tertiary/aromatic N) is 1. The molecule has 1 N–H and O–H groups in total. The van der Waals surface area contributed by atoms with Crippen molar-refractivity contribution < 1.29 is 4.79 Å². The molecule has 0 spiro atoms. The fraction of sp³-hybridized carbons (Fsp3) is 0.0769. The molecule has 1 amide bonds. The van der Waals surface area contributed by atoms with E-state index in [0.717, 1.165) is 0 Å². The Hall–Kier alpha value is -1.58. The van der Waals surface area contributed by atoms with Crippen LogP contribution in [0.5, 0.6) is 0 Å². The SMILES string of the molecule is O=C(Nc1ccc(Cl)cc1)c1ncccc1CCl. The second-order valence-electron chi connectivity index (χ2n) is 3.61. The van der Waals surface area contributed by atoms with Crippen LogP contribution in [0.4, 0.5) is 5.69 Å². The summed E-state index contributed by atoms with van der Waals surface area (Å²) in [6, 6.07) is 10.4. The molecule has 0 aliphatic heterocycles. The summed E-state index contributed by atoms with van der Waals surface area (Å²) < 4.78 is 0. The van der Waals surface area contributed by atoms with Gasteiger partial charge in [0.05, 0.1) is 0 Å². The number of alkyl halides is 1. The molecule has 0 radical (unpaired) electrons. The summed E-state index contributed by atoms with van der Waals surface area (Å²) in [5.74, 6) is -0.0365. The highest BCUT2D eigenvalue weighted by molar-refractivity contribution is 6.30. The first kappa shape index (κ1) is 12.9. The molecule has 0 atom stereocenters. The van der Waals surface area contributed by atoms with Crippen LogP contribution in [-0.4, -0.2) is 10.9 Å². The molecular weight excluding hydrogens is 271 g/mol. The van der Waals surface area contributed by atoms with Crippen LogP contribution < -0.4 is 5.32 Å². The Morgan fingerprint density at radius 1 is 1.22 bits per heavy atom. The number of rotatable bonds is 3. The average molecular weight is 281 g/mol. The number of nitrogens with one attached hydrogen (secondary N) is 1. The van der Waals surface area contributed by atoms with Gasteiger partial charge in [-0.3, -0.25) is 9.78 Å². The first-order valence-corrected chi connectivity index (χ1v) is 6.18. The predicted molar refractivity (Wildman–Crippen MR) is 73.2 cm³/mol. The van der Waals surface area contributed by atoms with Crippen LogP contribution in [0, 0.1) is 0 Å². The van der Waals surface area contributed by atoms with E-state index >= 15 is 0 Å². The molecule has 0 aliphatic rings. The summed E-state index contributed by atoms with van der Waals surface area (Å²) in [6.45, 7) is 0. The van der Waals surface area contributed by atoms with E-state index in [1.165, 1.54) is 0 Å². The highest BCUT2D eigenvalue weighted by Crippen LogP contribution is 2.15. The monoisotopic (exact) mass is 280 g/mol. The third kappa shape index (κ3) is 3.00. The van der Waals surface area contributed by atoms with E-state index < -0.39 is 0 Å². The molecule has 0 bridgehead atoms. The zero-order valence-corrected chi connectivity index (χ0v) is 10.9. The van der Waals surface area contributed by atoms with E-state index in [4.69, 9.17) is 23.2 Å². The number of hydrogen-bond acceptors (Lipinski definition) is 2. The van der Waals surface area contributed by atoms with Gasteiger partial charge in [0.15, 0.2) is 0 Å². The first-order valence-electron chi connectivity index (χ1n) is 5.27. The van der Waals surface area contributed by atoms with Crippen molar-refractivity contribution in [2.24, 2.45) is 0 Å². The van der Waals surface area contributed by atoms with Crippen LogP contribution in [0.3, 0.4) is 0 Å². The maximum Gasteiger partial charge on any atom is 0.274 e. The quantitative estimate of drug-likeness (QED) is 0.871. The van der Waals surface area contributed by atoms with Gasteiger partial charge in [-0.15, -0.1) is 11.6 Å². The lowest BCUT2D eigenvalue weighted by Gasteiger charge is -2.07. The minimum absolute atomic E-state index is 0.247. The maximum absolute atomic E-state index is 12.0. The lowest BCUT2D eigenvalue weighted by molar-refractivity contribution is 0.102. The minimum Gasteiger partial charge on any atom is -0.321 e. The Labute approximate surface area is 115 Å². The molecule has 0 aliphatic carbocycles. The van der Waals surface area contributed by atoms with E-state index in [0.29, 0.717) is 22.0 Å². The first-order chi connectivity index (χ1) is 8.70. The lowest BCUT2D eigenvalue weighted by Crippen LogP contribution is -2.15. The van der Waals surface area contributed by atoms with Gasteiger partial charge < -0.3 is 5.32 Å². The smallest absolute Gasteiger partial charge is 0.274 e. The molecule has 92 valence electrons. The number of aromatic nitrogens is 1. The van der Waals surface area contributed by atoms with Crippen LogP contribution in [0.25, 0.3) is 0 Å². The van der Waals surface area contributed by atoms with Crippen LogP contribution in [-0.2, 0) is 5.88 Å². The molecule has 2 aromatic rings. The fourth-order valence-corrected chi connectivity index (χ4v) is 1.82. The van der Waals surface area contributed by atoms with Gasteiger partial charge in [0, 0.05) is 22.8 Å². The van der Waals surface area contributed by atoms with Crippen LogP contribution in [0.2, 0.25) is 5.02 Å². The number of benzene rings is 1. The second-order valence-corrected chi connectivity index (χ2v) is 4.31.